The molecule has 1 aliphatic heterocycles. The number of nitrogens with one attached hydrogen (secondary N) is 2. The highest BCUT2D eigenvalue weighted by atomic mass is 16.3. The van der Waals surface area contributed by atoms with Crippen LogP contribution in [-0.2, 0) is 0 Å². The number of aliphatic hydroxyl groups excluding tert-OH is 1. The van der Waals surface area contributed by atoms with Gasteiger partial charge in [-0.1, -0.05) is 0 Å². The highest BCUT2D eigenvalue weighted by Crippen LogP contribution is 2.47. The average molecular weight is 212 g/mol. The molecule has 88 valence electrons. The number of aliphatic hydroxyl groups is 1. The van der Waals surface area contributed by atoms with Crippen LogP contribution in [0.4, 0.5) is 0 Å². The molecule has 0 aromatic carbocycles. The van der Waals surface area contributed by atoms with E-state index >= 15 is 0 Å². The molecule has 0 spiro atoms. The molecule has 0 amide bonds. The van der Waals surface area contributed by atoms with Gasteiger partial charge in [0, 0.05) is 13.2 Å². The first-order chi connectivity index (χ1) is 7.35. The van der Waals surface area contributed by atoms with Gasteiger partial charge in [0.15, 0.2) is 0 Å². The Morgan fingerprint density at radius 2 is 2.00 bits per heavy atom. The van der Waals surface area contributed by atoms with Crippen LogP contribution < -0.4 is 10.6 Å². The Morgan fingerprint density at radius 1 is 1.27 bits per heavy atom. The summed E-state index contributed by atoms with van der Waals surface area (Å²) in [5, 5.41) is 16.0. The molecular formula is C12H24N2O. The van der Waals surface area contributed by atoms with Crippen LogP contribution in [0.25, 0.3) is 0 Å². The summed E-state index contributed by atoms with van der Waals surface area (Å²) >= 11 is 0. The van der Waals surface area contributed by atoms with Crippen molar-refractivity contribution in [1.82, 2.24) is 10.6 Å². The summed E-state index contributed by atoms with van der Waals surface area (Å²) in [6, 6.07) is 0. The molecule has 15 heavy (non-hydrogen) atoms. The van der Waals surface area contributed by atoms with Crippen LogP contribution in [0.3, 0.4) is 0 Å². The maximum absolute atomic E-state index is 8.95. The smallest absolute Gasteiger partial charge is 0.0436 e. The lowest BCUT2D eigenvalue weighted by Gasteiger charge is -2.24. The molecule has 3 heteroatoms. The van der Waals surface area contributed by atoms with E-state index in [-0.39, 0.29) is 0 Å². The predicted octanol–water partition coefficient (Wildman–Crippen LogP) is 0.738. The normalized spacial score (nSPS) is 25.4. The molecule has 2 fully saturated rings. The van der Waals surface area contributed by atoms with E-state index in [0.717, 1.165) is 18.9 Å². The number of hydrogen-bond donors (Lipinski definition) is 3. The molecule has 0 atom stereocenters. The molecule has 2 rings (SSSR count). The Labute approximate surface area is 92.6 Å². The maximum Gasteiger partial charge on any atom is 0.0436 e. The fourth-order valence-corrected chi connectivity index (χ4v) is 2.56. The van der Waals surface area contributed by atoms with Gasteiger partial charge in [-0.15, -0.1) is 0 Å². The quantitative estimate of drug-likeness (QED) is 0.608. The van der Waals surface area contributed by atoms with E-state index in [2.05, 4.69) is 10.6 Å². The van der Waals surface area contributed by atoms with Crippen LogP contribution >= 0.6 is 0 Å². The largest absolute Gasteiger partial charge is 0.396 e. The van der Waals surface area contributed by atoms with Gasteiger partial charge in [0.25, 0.3) is 0 Å². The second-order valence-electron chi connectivity index (χ2n) is 5.30. The second-order valence-corrected chi connectivity index (χ2v) is 5.30. The highest BCUT2D eigenvalue weighted by molar-refractivity contribution is 4.94. The molecule has 1 saturated carbocycles. The zero-order chi connectivity index (χ0) is 10.6. The summed E-state index contributed by atoms with van der Waals surface area (Å²) in [4.78, 5) is 0. The Hall–Kier alpha value is -0.120. The second kappa shape index (κ2) is 5.28. The van der Waals surface area contributed by atoms with E-state index in [1.54, 1.807) is 0 Å². The Balaban J connectivity index is 1.58. The fraction of sp³-hybridized carbons (Fsp3) is 1.00. The molecule has 1 saturated heterocycles. The molecule has 0 radical (unpaired) electrons. The van der Waals surface area contributed by atoms with Crippen LogP contribution in [0.2, 0.25) is 0 Å². The van der Waals surface area contributed by atoms with Crippen molar-refractivity contribution < 1.29 is 5.11 Å². The Kier molecular flexibility index (Phi) is 4.00. The summed E-state index contributed by atoms with van der Waals surface area (Å²) in [6.07, 6.45) is 6.26. The van der Waals surface area contributed by atoms with Crippen molar-refractivity contribution in [2.24, 2.45) is 11.3 Å². The minimum atomic E-state index is 0.356. The van der Waals surface area contributed by atoms with Gasteiger partial charge < -0.3 is 15.7 Å². The molecule has 0 aromatic heterocycles. The van der Waals surface area contributed by atoms with Crippen LogP contribution in [0, 0.1) is 11.3 Å². The maximum atomic E-state index is 8.95. The number of hydrogen-bond acceptors (Lipinski definition) is 3. The molecule has 0 bridgehead atoms. The molecule has 1 heterocycles. The Morgan fingerprint density at radius 3 is 2.60 bits per heavy atom. The third kappa shape index (κ3) is 3.44. The fourth-order valence-electron chi connectivity index (χ4n) is 2.56. The summed E-state index contributed by atoms with van der Waals surface area (Å²) in [6.45, 7) is 5.03. The van der Waals surface area contributed by atoms with Crippen LogP contribution in [0.5, 0.6) is 0 Å². The predicted molar refractivity (Wildman–Crippen MR) is 61.8 cm³/mol. The van der Waals surface area contributed by atoms with E-state index in [1.807, 2.05) is 0 Å². The molecule has 1 aliphatic carbocycles. The SMILES string of the molecule is OCCC1(CNCC2CCNCC2)CC1. The lowest BCUT2D eigenvalue weighted by atomic mass is 9.97. The van der Waals surface area contributed by atoms with Gasteiger partial charge in [0.05, 0.1) is 0 Å². The van der Waals surface area contributed by atoms with E-state index in [0.29, 0.717) is 12.0 Å². The van der Waals surface area contributed by atoms with Crippen LogP contribution in [0.15, 0.2) is 0 Å². The number of piperidine rings is 1. The molecule has 0 unspecified atom stereocenters. The monoisotopic (exact) mass is 212 g/mol. The third-order valence-electron chi connectivity index (χ3n) is 3.99. The first kappa shape index (κ1) is 11.4. The van der Waals surface area contributed by atoms with Gasteiger partial charge in [-0.2, -0.15) is 0 Å². The minimum absolute atomic E-state index is 0.356. The first-order valence-electron chi connectivity index (χ1n) is 6.37. The summed E-state index contributed by atoms with van der Waals surface area (Å²) in [7, 11) is 0. The zero-order valence-electron chi connectivity index (χ0n) is 9.60. The number of rotatable bonds is 6. The van der Waals surface area contributed by atoms with Crippen molar-refractivity contribution in [1.29, 1.82) is 0 Å². The van der Waals surface area contributed by atoms with Crippen molar-refractivity contribution in [3.63, 3.8) is 0 Å². The third-order valence-corrected chi connectivity index (χ3v) is 3.99. The highest BCUT2D eigenvalue weighted by Gasteiger charge is 2.41. The van der Waals surface area contributed by atoms with Gasteiger partial charge in [-0.3, -0.25) is 0 Å². The molecule has 0 aromatic rings. The Bertz CT molecular complexity index is 186. The minimum Gasteiger partial charge on any atom is -0.396 e. The van der Waals surface area contributed by atoms with E-state index in [1.165, 1.54) is 45.3 Å². The van der Waals surface area contributed by atoms with Gasteiger partial charge >= 0.3 is 0 Å². The van der Waals surface area contributed by atoms with Gasteiger partial charge in [0.1, 0.15) is 0 Å². The van der Waals surface area contributed by atoms with E-state index < -0.39 is 0 Å². The molecule has 2 aliphatic rings. The van der Waals surface area contributed by atoms with Gasteiger partial charge in [-0.25, -0.2) is 0 Å². The molecule has 3 nitrogen and oxygen atoms in total. The topological polar surface area (TPSA) is 44.3 Å². The molecule has 3 N–H and O–H groups in total. The van der Waals surface area contributed by atoms with Crippen LogP contribution in [-0.4, -0.2) is 37.9 Å². The van der Waals surface area contributed by atoms with Crippen LogP contribution in [0.1, 0.15) is 32.1 Å². The first-order valence-corrected chi connectivity index (χ1v) is 6.37. The van der Waals surface area contributed by atoms with Crippen molar-refractivity contribution in [3.8, 4) is 0 Å². The average Bonchev–Trinajstić information content (AvgIpc) is 3.00. The van der Waals surface area contributed by atoms with Gasteiger partial charge in [0.2, 0.25) is 0 Å². The molecular weight excluding hydrogens is 188 g/mol. The summed E-state index contributed by atoms with van der Waals surface area (Å²) in [5.41, 5.74) is 0.474. The van der Waals surface area contributed by atoms with Gasteiger partial charge in [-0.05, 0) is 63.1 Å². The lowest BCUT2D eigenvalue weighted by Crippen LogP contribution is -2.35. The van der Waals surface area contributed by atoms with Crippen molar-refractivity contribution in [2.75, 3.05) is 32.8 Å². The van der Waals surface area contributed by atoms with E-state index in [9.17, 15) is 0 Å². The summed E-state index contributed by atoms with van der Waals surface area (Å²) in [5.74, 6) is 0.871. The summed E-state index contributed by atoms with van der Waals surface area (Å²) < 4.78 is 0. The van der Waals surface area contributed by atoms with Crippen molar-refractivity contribution in [2.45, 2.75) is 32.1 Å². The standard InChI is InChI=1S/C12H24N2O/c15-8-5-12(3-4-12)10-14-9-11-1-6-13-7-2-11/h11,13-15H,1-10H2. The lowest BCUT2D eigenvalue weighted by molar-refractivity contribution is 0.242. The van der Waals surface area contributed by atoms with Crippen molar-refractivity contribution in [3.05, 3.63) is 0 Å². The van der Waals surface area contributed by atoms with E-state index in [4.69, 9.17) is 5.11 Å². The van der Waals surface area contributed by atoms with Crippen molar-refractivity contribution >= 4 is 0 Å². The zero-order valence-corrected chi connectivity index (χ0v) is 9.60.